The molecule has 0 unspecified atom stereocenters. The average Bonchev–Trinajstić information content (AvgIpc) is 3.19. The maximum absolute atomic E-state index is 11.5. The quantitative estimate of drug-likeness (QED) is 0.206. The minimum Gasteiger partial charge on any atom is -0.461 e. The van der Waals surface area contributed by atoms with Crippen LogP contribution in [0.15, 0.2) is 16.9 Å². The summed E-state index contributed by atoms with van der Waals surface area (Å²) in [5, 5.41) is 3.56. The standard InChI is InChI=1S/C22H39NO3/c1-2-3-4-5-6-7-8-9-10-11-12-13-14-15-16-17-19-25-22(24)21-18-20-26-23-21/h18,20H,2-17,19H2,1H3. The lowest BCUT2D eigenvalue weighted by Gasteiger charge is -2.04. The number of nitrogens with zero attached hydrogens (tertiary/aromatic N) is 1. The Morgan fingerprint density at radius 2 is 1.27 bits per heavy atom. The second-order valence-electron chi connectivity index (χ2n) is 7.32. The van der Waals surface area contributed by atoms with E-state index in [1.807, 2.05) is 0 Å². The Bertz CT molecular complexity index is 417. The van der Waals surface area contributed by atoms with Gasteiger partial charge >= 0.3 is 5.97 Å². The fraction of sp³-hybridized carbons (Fsp3) is 0.818. The third kappa shape index (κ3) is 13.0. The van der Waals surface area contributed by atoms with E-state index in [1.54, 1.807) is 0 Å². The third-order valence-corrected chi connectivity index (χ3v) is 4.88. The van der Waals surface area contributed by atoms with Crippen LogP contribution in [0, 0.1) is 0 Å². The summed E-state index contributed by atoms with van der Waals surface area (Å²) in [6, 6.07) is 1.52. The average molecular weight is 366 g/mol. The van der Waals surface area contributed by atoms with E-state index in [4.69, 9.17) is 4.74 Å². The number of carbonyl (C=O) groups excluding carboxylic acids is 1. The Morgan fingerprint density at radius 1 is 0.808 bits per heavy atom. The Labute approximate surface area is 160 Å². The molecule has 1 heterocycles. The summed E-state index contributed by atoms with van der Waals surface area (Å²) in [7, 11) is 0. The lowest BCUT2D eigenvalue weighted by molar-refractivity contribution is 0.0486. The van der Waals surface area contributed by atoms with Gasteiger partial charge in [0, 0.05) is 6.07 Å². The van der Waals surface area contributed by atoms with Crippen LogP contribution in [-0.4, -0.2) is 17.7 Å². The third-order valence-electron chi connectivity index (χ3n) is 4.88. The SMILES string of the molecule is CCCCCCCCCCCCCCCCCCOC(=O)c1ccon1. The Balaban J connectivity index is 1.71. The number of carbonyl (C=O) groups is 1. The monoisotopic (exact) mass is 365 g/mol. The molecule has 0 bridgehead atoms. The van der Waals surface area contributed by atoms with E-state index in [-0.39, 0.29) is 11.7 Å². The van der Waals surface area contributed by atoms with Crippen LogP contribution in [0.25, 0.3) is 0 Å². The van der Waals surface area contributed by atoms with E-state index in [0.29, 0.717) is 6.61 Å². The zero-order valence-electron chi connectivity index (χ0n) is 16.8. The van der Waals surface area contributed by atoms with Gasteiger partial charge in [-0.2, -0.15) is 0 Å². The van der Waals surface area contributed by atoms with Crippen LogP contribution in [-0.2, 0) is 4.74 Å². The van der Waals surface area contributed by atoms with Crippen LogP contribution < -0.4 is 0 Å². The molecule has 0 amide bonds. The van der Waals surface area contributed by atoms with Crippen LogP contribution in [0.5, 0.6) is 0 Å². The molecule has 1 aromatic rings. The normalized spacial score (nSPS) is 11.0. The number of unbranched alkanes of at least 4 members (excludes halogenated alkanes) is 15. The lowest BCUT2D eigenvalue weighted by atomic mass is 10.0. The lowest BCUT2D eigenvalue weighted by Crippen LogP contribution is -2.06. The van der Waals surface area contributed by atoms with Crippen LogP contribution >= 0.6 is 0 Å². The van der Waals surface area contributed by atoms with Crippen molar-refractivity contribution in [1.29, 1.82) is 0 Å². The van der Waals surface area contributed by atoms with Crippen LogP contribution in [0.3, 0.4) is 0 Å². The van der Waals surface area contributed by atoms with Gasteiger partial charge in [0.05, 0.1) is 6.61 Å². The molecule has 0 aliphatic carbocycles. The molecular weight excluding hydrogens is 326 g/mol. The number of ether oxygens (including phenoxy) is 1. The van der Waals surface area contributed by atoms with Crippen molar-refractivity contribution in [2.24, 2.45) is 0 Å². The van der Waals surface area contributed by atoms with Gasteiger partial charge in [-0.1, -0.05) is 108 Å². The predicted octanol–water partition coefficient (Wildman–Crippen LogP) is 7.09. The van der Waals surface area contributed by atoms with E-state index in [1.165, 1.54) is 102 Å². The first kappa shape index (κ1) is 22.7. The van der Waals surface area contributed by atoms with Crippen LogP contribution in [0.2, 0.25) is 0 Å². The number of hydrogen-bond acceptors (Lipinski definition) is 4. The van der Waals surface area contributed by atoms with Crippen molar-refractivity contribution in [2.75, 3.05) is 6.61 Å². The maximum atomic E-state index is 11.5. The molecule has 0 N–H and O–H groups in total. The van der Waals surface area contributed by atoms with E-state index in [0.717, 1.165) is 12.8 Å². The Hall–Kier alpha value is -1.32. The maximum Gasteiger partial charge on any atom is 0.360 e. The number of hydrogen-bond donors (Lipinski definition) is 0. The van der Waals surface area contributed by atoms with Gasteiger partial charge in [-0.05, 0) is 6.42 Å². The summed E-state index contributed by atoms with van der Waals surface area (Å²) >= 11 is 0. The second-order valence-corrected chi connectivity index (χ2v) is 7.32. The molecule has 4 heteroatoms. The van der Waals surface area contributed by atoms with Gasteiger partial charge in [-0.15, -0.1) is 0 Å². The highest BCUT2D eigenvalue weighted by Gasteiger charge is 2.09. The van der Waals surface area contributed by atoms with E-state index >= 15 is 0 Å². The van der Waals surface area contributed by atoms with Gasteiger partial charge in [0.2, 0.25) is 0 Å². The zero-order valence-corrected chi connectivity index (χ0v) is 16.8. The first-order valence-corrected chi connectivity index (χ1v) is 10.9. The molecule has 0 spiro atoms. The molecule has 1 rings (SSSR count). The number of aromatic nitrogens is 1. The Morgan fingerprint density at radius 3 is 1.69 bits per heavy atom. The van der Waals surface area contributed by atoms with Gasteiger partial charge in [0.1, 0.15) is 6.26 Å². The van der Waals surface area contributed by atoms with Crippen molar-refractivity contribution < 1.29 is 14.1 Å². The second kappa shape index (κ2) is 17.1. The predicted molar refractivity (Wildman–Crippen MR) is 106 cm³/mol. The van der Waals surface area contributed by atoms with Gasteiger partial charge in [-0.25, -0.2) is 4.79 Å². The molecule has 26 heavy (non-hydrogen) atoms. The summed E-state index contributed by atoms with van der Waals surface area (Å²) in [4.78, 5) is 11.5. The fourth-order valence-corrected chi connectivity index (χ4v) is 3.21. The Kier molecular flexibility index (Phi) is 15.0. The highest BCUT2D eigenvalue weighted by molar-refractivity contribution is 5.86. The summed E-state index contributed by atoms with van der Waals surface area (Å²) < 4.78 is 9.77. The number of esters is 1. The van der Waals surface area contributed by atoms with Crippen molar-refractivity contribution in [3.05, 3.63) is 18.0 Å². The molecule has 0 aromatic carbocycles. The van der Waals surface area contributed by atoms with Crippen molar-refractivity contribution in [2.45, 2.75) is 110 Å². The van der Waals surface area contributed by atoms with Gasteiger partial charge in [0.15, 0.2) is 5.69 Å². The molecule has 0 radical (unpaired) electrons. The topological polar surface area (TPSA) is 52.3 Å². The molecule has 0 aliphatic heterocycles. The molecule has 0 aliphatic rings. The molecule has 150 valence electrons. The van der Waals surface area contributed by atoms with Gasteiger partial charge < -0.3 is 9.26 Å². The first-order valence-electron chi connectivity index (χ1n) is 10.9. The van der Waals surface area contributed by atoms with Gasteiger partial charge in [-0.3, -0.25) is 0 Å². The summed E-state index contributed by atoms with van der Waals surface area (Å²) in [6.07, 6.45) is 22.8. The molecule has 4 nitrogen and oxygen atoms in total. The summed E-state index contributed by atoms with van der Waals surface area (Å²) in [6.45, 7) is 2.75. The minimum absolute atomic E-state index is 0.251. The molecular formula is C22H39NO3. The van der Waals surface area contributed by atoms with Crippen molar-refractivity contribution in [3.8, 4) is 0 Å². The highest BCUT2D eigenvalue weighted by atomic mass is 16.5. The molecule has 0 saturated heterocycles. The fourth-order valence-electron chi connectivity index (χ4n) is 3.21. The molecule has 0 atom stereocenters. The summed E-state index contributed by atoms with van der Waals surface area (Å²) in [5.41, 5.74) is 0.251. The van der Waals surface area contributed by atoms with Crippen molar-refractivity contribution >= 4 is 5.97 Å². The van der Waals surface area contributed by atoms with E-state index in [2.05, 4.69) is 16.6 Å². The summed E-state index contributed by atoms with van der Waals surface area (Å²) in [5.74, 6) is -0.389. The van der Waals surface area contributed by atoms with Gasteiger partial charge in [0.25, 0.3) is 0 Å². The first-order chi connectivity index (χ1) is 12.8. The van der Waals surface area contributed by atoms with Crippen LogP contribution in [0.1, 0.15) is 120 Å². The smallest absolute Gasteiger partial charge is 0.360 e. The van der Waals surface area contributed by atoms with E-state index < -0.39 is 0 Å². The van der Waals surface area contributed by atoms with Crippen LogP contribution in [0.4, 0.5) is 0 Å². The largest absolute Gasteiger partial charge is 0.461 e. The zero-order chi connectivity index (χ0) is 18.7. The molecule has 0 saturated carbocycles. The minimum atomic E-state index is -0.389. The van der Waals surface area contributed by atoms with Crippen molar-refractivity contribution in [1.82, 2.24) is 5.16 Å². The van der Waals surface area contributed by atoms with Crippen molar-refractivity contribution in [3.63, 3.8) is 0 Å². The molecule has 0 fully saturated rings. The number of rotatable bonds is 18. The van der Waals surface area contributed by atoms with E-state index in [9.17, 15) is 4.79 Å². The highest BCUT2D eigenvalue weighted by Crippen LogP contribution is 2.13. The molecule has 1 aromatic heterocycles.